The lowest BCUT2D eigenvalue weighted by molar-refractivity contribution is -0.903. The molecule has 1 heterocycles. The predicted molar refractivity (Wildman–Crippen MR) is 174 cm³/mol. The molecular weight excluding hydrogens is 750 g/mol. The van der Waals surface area contributed by atoms with Gasteiger partial charge >= 0.3 is 0 Å². The highest BCUT2D eigenvalue weighted by molar-refractivity contribution is 9.10. The van der Waals surface area contributed by atoms with E-state index >= 15 is 0 Å². The van der Waals surface area contributed by atoms with Crippen LogP contribution in [0.1, 0.15) is 24.0 Å². The molecule has 0 aliphatic carbocycles. The van der Waals surface area contributed by atoms with Crippen LogP contribution in [0, 0.1) is 4.77 Å². The average Bonchev–Trinajstić information content (AvgIpc) is 2.95. The van der Waals surface area contributed by atoms with E-state index in [0.717, 1.165) is 44.9 Å². The first-order chi connectivity index (χ1) is 19.6. The third-order valence-electron chi connectivity index (χ3n) is 7.18. The first-order valence-electron chi connectivity index (χ1n) is 13.4. The molecule has 0 unspecified atom stereocenters. The molecule has 1 aromatic heterocycles. The van der Waals surface area contributed by atoms with Gasteiger partial charge in [0.15, 0.2) is 16.3 Å². The molecule has 4 rings (SSSR count). The second-order valence-corrected chi connectivity index (χ2v) is 12.8. The SMILES string of the molecule is COc1cc2c(=O)n(CCCC[N+](C)(C)Cc3ccc(Br)cc3)c(=S)n(Cc3ccc(Br)cc3)c2c(OC)c1OC.[Br-]. The molecule has 42 heavy (non-hydrogen) atoms. The van der Waals surface area contributed by atoms with Crippen molar-refractivity contribution in [2.45, 2.75) is 32.5 Å². The zero-order valence-electron chi connectivity index (χ0n) is 24.5. The van der Waals surface area contributed by atoms with Crippen LogP contribution in [0.4, 0.5) is 0 Å². The Morgan fingerprint density at radius 2 is 1.38 bits per heavy atom. The molecule has 0 aliphatic heterocycles. The number of aromatic nitrogens is 2. The number of ether oxygens (including phenoxy) is 3. The number of fused-ring (bicyclic) bond motifs is 1. The average molecular weight is 786 g/mol. The van der Waals surface area contributed by atoms with E-state index in [-0.39, 0.29) is 22.5 Å². The summed E-state index contributed by atoms with van der Waals surface area (Å²) in [6.07, 6.45) is 1.77. The fraction of sp³-hybridized carbons (Fsp3) is 0.355. The maximum absolute atomic E-state index is 13.9. The fourth-order valence-electron chi connectivity index (χ4n) is 5.13. The Kier molecular flexibility index (Phi) is 12.3. The maximum atomic E-state index is 13.9. The van der Waals surface area contributed by atoms with Crippen molar-refractivity contribution in [3.05, 3.63) is 89.8 Å². The number of nitrogens with zero attached hydrogens (tertiary/aromatic N) is 3. The largest absolute Gasteiger partial charge is 1.00 e. The summed E-state index contributed by atoms with van der Waals surface area (Å²) >= 11 is 13.0. The molecule has 0 bridgehead atoms. The van der Waals surface area contributed by atoms with E-state index in [2.05, 4.69) is 70.2 Å². The minimum absolute atomic E-state index is 0. The Bertz CT molecular complexity index is 1640. The van der Waals surface area contributed by atoms with Crippen molar-refractivity contribution in [2.75, 3.05) is 42.0 Å². The van der Waals surface area contributed by atoms with Gasteiger partial charge in [-0.25, -0.2) is 0 Å². The van der Waals surface area contributed by atoms with Crippen molar-refractivity contribution in [2.24, 2.45) is 0 Å². The van der Waals surface area contributed by atoms with Crippen LogP contribution in [0.25, 0.3) is 10.9 Å². The summed E-state index contributed by atoms with van der Waals surface area (Å²) in [4.78, 5) is 13.9. The van der Waals surface area contributed by atoms with E-state index in [1.54, 1.807) is 32.0 Å². The Morgan fingerprint density at radius 1 is 0.810 bits per heavy atom. The van der Waals surface area contributed by atoms with Gasteiger partial charge in [-0.3, -0.25) is 9.36 Å². The highest BCUT2D eigenvalue weighted by atomic mass is 79.9. The molecule has 11 heteroatoms. The van der Waals surface area contributed by atoms with Crippen molar-refractivity contribution in [3.63, 3.8) is 0 Å². The molecule has 0 saturated carbocycles. The lowest BCUT2D eigenvalue weighted by Gasteiger charge is -2.30. The van der Waals surface area contributed by atoms with Crippen molar-refractivity contribution in [1.82, 2.24) is 9.13 Å². The summed E-state index contributed by atoms with van der Waals surface area (Å²) < 4.78 is 24.1. The van der Waals surface area contributed by atoms with E-state index in [9.17, 15) is 4.79 Å². The zero-order chi connectivity index (χ0) is 29.7. The Morgan fingerprint density at radius 3 is 1.93 bits per heavy atom. The Hall–Kier alpha value is -2.18. The number of hydrogen-bond donors (Lipinski definition) is 0. The van der Waals surface area contributed by atoms with E-state index < -0.39 is 0 Å². The molecular formula is C31H36Br3N3O4S. The van der Waals surface area contributed by atoms with Gasteiger partial charge in [-0.15, -0.1) is 0 Å². The number of quaternary nitrogens is 1. The molecule has 3 aromatic carbocycles. The third kappa shape index (κ3) is 7.85. The summed E-state index contributed by atoms with van der Waals surface area (Å²) in [5.41, 5.74) is 2.76. The van der Waals surface area contributed by atoms with Crippen LogP contribution in [0.3, 0.4) is 0 Å². The van der Waals surface area contributed by atoms with Gasteiger partial charge in [-0.05, 0) is 61.0 Å². The van der Waals surface area contributed by atoms with Gasteiger partial charge in [0, 0.05) is 21.1 Å². The number of rotatable bonds is 12. The van der Waals surface area contributed by atoms with Crippen LogP contribution in [0.15, 0.2) is 68.3 Å². The second-order valence-electron chi connectivity index (χ2n) is 10.6. The normalized spacial score (nSPS) is 11.3. The van der Waals surface area contributed by atoms with Crippen LogP contribution in [0.2, 0.25) is 0 Å². The molecule has 0 spiro atoms. The molecule has 0 fully saturated rings. The number of halogens is 3. The highest BCUT2D eigenvalue weighted by Crippen LogP contribution is 2.42. The van der Waals surface area contributed by atoms with Crippen molar-refractivity contribution >= 4 is 55.0 Å². The highest BCUT2D eigenvalue weighted by Gasteiger charge is 2.23. The smallest absolute Gasteiger partial charge is 0.262 e. The molecule has 0 aliphatic rings. The minimum atomic E-state index is -0.167. The van der Waals surface area contributed by atoms with Gasteiger partial charge in [0.25, 0.3) is 5.56 Å². The molecule has 4 aromatic rings. The molecule has 0 saturated heterocycles. The van der Waals surface area contributed by atoms with Gasteiger partial charge in [0.1, 0.15) is 12.1 Å². The van der Waals surface area contributed by atoms with Crippen LogP contribution in [0.5, 0.6) is 17.2 Å². The van der Waals surface area contributed by atoms with Crippen molar-refractivity contribution < 1.29 is 35.7 Å². The van der Waals surface area contributed by atoms with Crippen LogP contribution in [-0.4, -0.2) is 55.6 Å². The minimum Gasteiger partial charge on any atom is -1.00 e. The van der Waals surface area contributed by atoms with Crippen molar-refractivity contribution in [1.29, 1.82) is 0 Å². The quantitative estimate of drug-likeness (QED) is 0.123. The first kappa shape index (κ1) is 34.3. The molecule has 0 N–H and O–H groups in total. The van der Waals surface area contributed by atoms with E-state index in [4.69, 9.17) is 26.4 Å². The Labute approximate surface area is 279 Å². The van der Waals surface area contributed by atoms with Gasteiger partial charge < -0.3 is 40.2 Å². The summed E-state index contributed by atoms with van der Waals surface area (Å²) in [6, 6.07) is 18.2. The van der Waals surface area contributed by atoms with Gasteiger partial charge in [-0.2, -0.15) is 0 Å². The Balaban J connectivity index is 0.00000484. The lowest BCUT2D eigenvalue weighted by atomic mass is 10.1. The number of unbranched alkanes of at least 4 members (excludes halogenated alkanes) is 1. The molecule has 0 radical (unpaired) electrons. The maximum Gasteiger partial charge on any atom is 0.262 e. The molecule has 0 atom stereocenters. The lowest BCUT2D eigenvalue weighted by Crippen LogP contribution is -3.00. The number of benzene rings is 3. The van der Waals surface area contributed by atoms with Gasteiger partial charge in [-0.1, -0.05) is 56.1 Å². The van der Waals surface area contributed by atoms with E-state index in [1.807, 2.05) is 28.8 Å². The van der Waals surface area contributed by atoms with Crippen molar-refractivity contribution in [3.8, 4) is 17.2 Å². The fourth-order valence-corrected chi connectivity index (χ4v) is 5.99. The molecule has 0 amide bonds. The van der Waals surface area contributed by atoms with Gasteiger partial charge in [0.2, 0.25) is 5.75 Å². The van der Waals surface area contributed by atoms with Gasteiger partial charge in [0.05, 0.1) is 53.9 Å². The third-order valence-corrected chi connectivity index (χ3v) is 8.68. The second kappa shape index (κ2) is 15.0. The first-order valence-corrected chi connectivity index (χ1v) is 15.3. The zero-order valence-corrected chi connectivity index (χ0v) is 30.0. The van der Waals surface area contributed by atoms with Crippen LogP contribution in [-0.2, 0) is 19.6 Å². The summed E-state index contributed by atoms with van der Waals surface area (Å²) in [7, 11) is 9.14. The van der Waals surface area contributed by atoms with E-state index in [0.29, 0.717) is 46.0 Å². The number of methoxy groups -OCH3 is 3. The molecule has 226 valence electrons. The predicted octanol–water partition coefficient (Wildman–Crippen LogP) is 4.19. The molecule has 7 nitrogen and oxygen atoms in total. The van der Waals surface area contributed by atoms with Crippen LogP contribution < -0.4 is 36.8 Å². The monoisotopic (exact) mass is 783 g/mol. The number of hydrogen-bond acceptors (Lipinski definition) is 5. The summed E-state index contributed by atoms with van der Waals surface area (Å²) in [5.74, 6) is 1.27. The standard InChI is InChI=1S/C31H36Br2N3O4S.BrH/c1-36(2,20-22-10-14-24(33)15-11-22)17-7-6-16-34-30(37)25-18-26(38-3)28(39-4)29(40-5)27(25)35(31(34)41)19-21-8-12-23(32)13-9-21;/h8-15,18H,6-7,16-17,19-20H2,1-5H3;1H/q+1;/p-1. The van der Waals surface area contributed by atoms with Crippen LogP contribution >= 0.6 is 44.1 Å². The summed E-state index contributed by atoms with van der Waals surface area (Å²) in [6.45, 7) is 2.89. The van der Waals surface area contributed by atoms with E-state index in [1.165, 1.54) is 5.56 Å². The summed E-state index contributed by atoms with van der Waals surface area (Å²) in [5, 5.41) is 0.469. The topological polar surface area (TPSA) is 54.6 Å².